The van der Waals surface area contributed by atoms with Gasteiger partial charge in [0.1, 0.15) is 12.4 Å². The van der Waals surface area contributed by atoms with Gasteiger partial charge in [-0.25, -0.2) is 5.01 Å². The molecule has 0 unspecified atom stereocenters. The first-order valence-electron chi connectivity index (χ1n) is 7.60. The second kappa shape index (κ2) is 7.49. The van der Waals surface area contributed by atoms with E-state index in [2.05, 4.69) is 11.8 Å². The fourth-order valence-corrected chi connectivity index (χ4v) is 2.71. The molecule has 0 saturated carbocycles. The molecule has 4 nitrogen and oxygen atoms in total. The summed E-state index contributed by atoms with van der Waals surface area (Å²) in [5, 5.41) is 5.65. The Balaban J connectivity index is 2.35. The molecule has 126 valence electrons. The number of hydrogen-bond donors (Lipinski definition) is 0. The molecule has 0 aliphatic rings. The molecule has 0 aliphatic carbocycles. The molecular weight excluding hydrogens is 324 g/mol. The average molecular weight is 345 g/mol. The highest BCUT2D eigenvalue weighted by molar-refractivity contribution is 6.32. The molecule has 0 saturated heterocycles. The van der Waals surface area contributed by atoms with Gasteiger partial charge in [0.05, 0.1) is 10.7 Å². The number of carbonyl (C=O) groups excluding carboxylic acids is 1. The summed E-state index contributed by atoms with van der Waals surface area (Å²) in [6, 6.07) is 9.47. The highest BCUT2D eigenvalue weighted by atomic mass is 35.5. The second-order valence-electron chi connectivity index (χ2n) is 5.70. The minimum Gasteiger partial charge on any atom is -0.487 e. The summed E-state index contributed by atoms with van der Waals surface area (Å²) in [6.45, 7) is 11.2. The van der Waals surface area contributed by atoms with E-state index < -0.39 is 0 Å². The lowest BCUT2D eigenvalue weighted by molar-refractivity contribution is -0.116. The van der Waals surface area contributed by atoms with Crippen molar-refractivity contribution in [2.24, 2.45) is 5.10 Å². The Labute approximate surface area is 147 Å². The number of carbonyl (C=O) groups is 1. The molecule has 0 N–H and O–H groups in total. The van der Waals surface area contributed by atoms with E-state index in [-0.39, 0.29) is 12.5 Å². The molecular formula is C19H21ClN2O2. The molecule has 2 aromatic rings. The van der Waals surface area contributed by atoms with Crippen LogP contribution in [0.3, 0.4) is 0 Å². The minimum atomic E-state index is -0.207. The van der Waals surface area contributed by atoms with Gasteiger partial charge in [-0.05, 0) is 55.7 Å². The molecule has 24 heavy (non-hydrogen) atoms. The number of ether oxygens (including phenoxy) is 1. The van der Waals surface area contributed by atoms with E-state index in [1.807, 2.05) is 51.1 Å². The van der Waals surface area contributed by atoms with Gasteiger partial charge in [0, 0.05) is 19.2 Å². The van der Waals surface area contributed by atoms with Crippen LogP contribution < -0.4 is 9.75 Å². The Bertz CT molecular complexity index is 787. The van der Waals surface area contributed by atoms with Crippen molar-refractivity contribution in [3.05, 3.63) is 57.6 Å². The molecule has 2 aromatic carbocycles. The minimum absolute atomic E-state index is 0.207. The maximum absolute atomic E-state index is 11.8. The average Bonchev–Trinajstić information content (AvgIpc) is 2.51. The van der Waals surface area contributed by atoms with Crippen molar-refractivity contribution in [2.45, 2.75) is 34.3 Å². The lowest BCUT2D eigenvalue weighted by atomic mass is 10.1. The van der Waals surface area contributed by atoms with Crippen molar-refractivity contribution in [1.29, 1.82) is 0 Å². The third kappa shape index (κ3) is 3.77. The maximum atomic E-state index is 11.8. The highest BCUT2D eigenvalue weighted by Gasteiger charge is 2.16. The molecule has 0 heterocycles. The van der Waals surface area contributed by atoms with E-state index in [1.165, 1.54) is 11.9 Å². The van der Waals surface area contributed by atoms with E-state index in [1.54, 1.807) is 0 Å². The summed E-state index contributed by atoms with van der Waals surface area (Å²) >= 11 is 6.27. The zero-order valence-corrected chi connectivity index (χ0v) is 15.1. The Morgan fingerprint density at radius 1 is 1.21 bits per heavy atom. The van der Waals surface area contributed by atoms with Crippen LogP contribution in [-0.2, 0) is 11.4 Å². The molecule has 0 spiro atoms. The van der Waals surface area contributed by atoms with Gasteiger partial charge in [0.25, 0.3) is 0 Å². The highest BCUT2D eigenvalue weighted by Crippen LogP contribution is 2.31. The van der Waals surface area contributed by atoms with Gasteiger partial charge in [-0.1, -0.05) is 23.7 Å². The lowest BCUT2D eigenvalue weighted by Gasteiger charge is -2.20. The molecule has 0 radical (unpaired) electrons. The largest absolute Gasteiger partial charge is 0.487 e. The number of amides is 1. The fourth-order valence-electron chi connectivity index (χ4n) is 2.43. The summed E-state index contributed by atoms with van der Waals surface area (Å²) in [4.78, 5) is 11.8. The van der Waals surface area contributed by atoms with Crippen LogP contribution in [0.1, 0.15) is 29.2 Å². The predicted molar refractivity (Wildman–Crippen MR) is 99.1 cm³/mol. The quantitative estimate of drug-likeness (QED) is 0.576. The van der Waals surface area contributed by atoms with Gasteiger partial charge in [-0.2, -0.15) is 5.10 Å². The predicted octanol–water partition coefficient (Wildman–Crippen LogP) is 4.81. The number of rotatable bonds is 5. The van der Waals surface area contributed by atoms with Gasteiger partial charge >= 0.3 is 0 Å². The zero-order chi connectivity index (χ0) is 17.9. The van der Waals surface area contributed by atoms with E-state index >= 15 is 0 Å². The monoisotopic (exact) mass is 344 g/mol. The number of nitrogens with zero attached hydrogens (tertiary/aromatic N) is 2. The van der Waals surface area contributed by atoms with Gasteiger partial charge in [0.2, 0.25) is 5.91 Å². The number of benzene rings is 2. The molecule has 2 rings (SSSR count). The summed E-state index contributed by atoms with van der Waals surface area (Å²) in [5.74, 6) is 0.413. The number of aryl methyl sites for hydroxylation is 3. The summed E-state index contributed by atoms with van der Waals surface area (Å²) < 4.78 is 5.92. The molecule has 0 atom stereocenters. The Morgan fingerprint density at radius 3 is 2.50 bits per heavy atom. The number of hydrogen-bond acceptors (Lipinski definition) is 3. The van der Waals surface area contributed by atoms with E-state index in [0.29, 0.717) is 16.5 Å². The number of halogens is 1. The van der Waals surface area contributed by atoms with Crippen molar-refractivity contribution >= 4 is 29.9 Å². The molecule has 0 aromatic heterocycles. The summed E-state index contributed by atoms with van der Waals surface area (Å²) in [6.07, 6.45) is 0. The smallest absolute Gasteiger partial charge is 0.244 e. The topological polar surface area (TPSA) is 41.9 Å². The van der Waals surface area contributed by atoms with Crippen LogP contribution in [0, 0.1) is 20.8 Å². The number of hydrazone groups is 1. The zero-order valence-electron chi connectivity index (χ0n) is 14.4. The Morgan fingerprint density at radius 2 is 1.88 bits per heavy atom. The third-order valence-electron chi connectivity index (χ3n) is 3.97. The molecule has 1 amide bonds. The summed E-state index contributed by atoms with van der Waals surface area (Å²) in [5.41, 5.74) is 4.76. The molecule has 0 fully saturated rings. The van der Waals surface area contributed by atoms with Gasteiger partial charge in [-0.15, -0.1) is 0 Å². The van der Waals surface area contributed by atoms with Crippen LogP contribution in [-0.4, -0.2) is 12.6 Å². The van der Waals surface area contributed by atoms with Crippen LogP contribution in [0.5, 0.6) is 5.75 Å². The van der Waals surface area contributed by atoms with Crippen molar-refractivity contribution in [3.63, 3.8) is 0 Å². The standard InChI is InChI=1S/C19H21ClN2O2/c1-12-7-6-8-18(22(21-5)15(4)23)16(12)11-24-19-10-14(3)13(2)9-17(19)20/h6-10H,5,11H2,1-4H3. The van der Waals surface area contributed by atoms with Crippen LogP contribution >= 0.6 is 11.6 Å². The number of anilines is 1. The Kier molecular flexibility index (Phi) is 5.62. The van der Waals surface area contributed by atoms with Gasteiger partial charge < -0.3 is 4.74 Å². The van der Waals surface area contributed by atoms with E-state index in [9.17, 15) is 4.79 Å². The summed E-state index contributed by atoms with van der Waals surface area (Å²) in [7, 11) is 0. The first kappa shape index (κ1) is 18.0. The first-order valence-corrected chi connectivity index (χ1v) is 7.98. The van der Waals surface area contributed by atoms with Crippen molar-refractivity contribution in [1.82, 2.24) is 0 Å². The third-order valence-corrected chi connectivity index (χ3v) is 4.27. The molecule has 0 aliphatic heterocycles. The van der Waals surface area contributed by atoms with Crippen LogP contribution in [0.25, 0.3) is 0 Å². The van der Waals surface area contributed by atoms with Gasteiger partial charge in [0.15, 0.2) is 0 Å². The van der Waals surface area contributed by atoms with Crippen LogP contribution in [0.2, 0.25) is 5.02 Å². The van der Waals surface area contributed by atoms with Crippen molar-refractivity contribution < 1.29 is 9.53 Å². The maximum Gasteiger partial charge on any atom is 0.244 e. The lowest BCUT2D eigenvalue weighted by Crippen LogP contribution is -2.23. The Hall–Kier alpha value is -2.33. The first-order chi connectivity index (χ1) is 11.3. The molecule has 0 bridgehead atoms. The normalized spacial score (nSPS) is 10.4. The van der Waals surface area contributed by atoms with Gasteiger partial charge in [-0.3, -0.25) is 4.79 Å². The molecule has 5 heteroatoms. The SMILES string of the molecule is C=NN(C(C)=O)c1cccc(C)c1COc1cc(C)c(C)cc1Cl. The second-order valence-corrected chi connectivity index (χ2v) is 6.11. The van der Waals surface area contributed by atoms with Crippen LogP contribution in [0.4, 0.5) is 5.69 Å². The fraction of sp³-hybridized carbons (Fsp3) is 0.263. The van der Waals surface area contributed by atoms with E-state index in [4.69, 9.17) is 16.3 Å². The van der Waals surface area contributed by atoms with Crippen LogP contribution in [0.15, 0.2) is 35.4 Å². The van der Waals surface area contributed by atoms with Crippen molar-refractivity contribution in [3.8, 4) is 5.75 Å². The van der Waals surface area contributed by atoms with E-state index in [0.717, 1.165) is 22.3 Å². The van der Waals surface area contributed by atoms with Crippen molar-refractivity contribution in [2.75, 3.05) is 5.01 Å².